The number of hydrogen-bond acceptors (Lipinski definition) is 3. The van der Waals surface area contributed by atoms with E-state index in [1.165, 1.54) is 4.90 Å². The van der Waals surface area contributed by atoms with E-state index in [0.29, 0.717) is 17.6 Å². The summed E-state index contributed by atoms with van der Waals surface area (Å²) in [7, 11) is 1.68. The van der Waals surface area contributed by atoms with Gasteiger partial charge in [0.1, 0.15) is 0 Å². The summed E-state index contributed by atoms with van der Waals surface area (Å²) in [6.07, 6.45) is 1.69. The van der Waals surface area contributed by atoms with Gasteiger partial charge in [-0.15, -0.1) is 0 Å². The molecular weight excluding hydrogens is 264 g/mol. The highest BCUT2D eigenvalue weighted by atomic mass is 16.3. The number of likely N-dealkylation sites (N-methyl/N-ethyl adjacent to an activating group) is 1. The molecule has 3 rings (SSSR count). The van der Waals surface area contributed by atoms with Gasteiger partial charge in [-0.25, -0.2) is 0 Å². The first-order chi connectivity index (χ1) is 10.2. The van der Waals surface area contributed by atoms with Crippen LogP contribution < -0.4 is 0 Å². The highest BCUT2D eigenvalue weighted by Gasteiger charge is 2.17. The average Bonchev–Trinajstić information content (AvgIpc) is 2.53. The Morgan fingerprint density at radius 1 is 1.19 bits per heavy atom. The van der Waals surface area contributed by atoms with Crippen LogP contribution in [0.25, 0.3) is 21.7 Å². The van der Waals surface area contributed by atoms with E-state index < -0.39 is 0 Å². The zero-order valence-corrected chi connectivity index (χ0v) is 11.8. The third-order valence-corrected chi connectivity index (χ3v) is 3.63. The van der Waals surface area contributed by atoms with Gasteiger partial charge in [-0.3, -0.25) is 9.78 Å². The molecule has 1 amide bonds. The first-order valence-corrected chi connectivity index (χ1v) is 6.85. The molecule has 0 radical (unpaired) electrons. The summed E-state index contributed by atoms with van der Waals surface area (Å²) in [6, 6.07) is 13.7. The molecule has 1 aromatic heterocycles. The fourth-order valence-corrected chi connectivity index (χ4v) is 2.55. The average molecular weight is 280 g/mol. The molecule has 0 unspecified atom stereocenters. The maximum absolute atomic E-state index is 12.6. The minimum atomic E-state index is -0.126. The number of aromatic nitrogens is 1. The van der Waals surface area contributed by atoms with Gasteiger partial charge in [-0.2, -0.15) is 0 Å². The molecule has 0 aliphatic heterocycles. The minimum absolute atomic E-state index is 0.0544. The number of aliphatic hydroxyl groups excluding tert-OH is 1. The lowest BCUT2D eigenvalue weighted by Crippen LogP contribution is -2.29. The SMILES string of the molecule is CN(CCO)C(=O)c1cc2ccccc2c2cccnc12. The van der Waals surface area contributed by atoms with Gasteiger partial charge in [0.2, 0.25) is 0 Å². The Bertz CT molecular complexity index is 814. The molecule has 21 heavy (non-hydrogen) atoms. The molecule has 0 bridgehead atoms. The number of carbonyl (C=O) groups is 1. The minimum Gasteiger partial charge on any atom is -0.395 e. The zero-order chi connectivity index (χ0) is 14.8. The quantitative estimate of drug-likeness (QED) is 0.750. The Labute approximate surface area is 122 Å². The lowest BCUT2D eigenvalue weighted by molar-refractivity contribution is 0.0769. The van der Waals surface area contributed by atoms with Crippen molar-refractivity contribution in [2.45, 2.75) is 0 Å². The van der Waals surface area contributed by atoms with Gasteiger partial charge in [0, 0.05) is 25.2 Å². The molecule has 4 heteroatoms. The first kappa shape index (κ1) is 13.5. The van der Waals surface area contributed by atoms with Crippen LogP contribution in [0.5, 0.6) is 0 Å². The van der Waals surface area contributed by atoms with Crippen molar-refractivity contribution in [3.63, 3.8) is 0 Å². The third-order valence-electron chi connectivity index (χ3n) is 3.63. The van der Waals surface area contributed by atoms with E-state index in [4.69, 9.17) is 5.11 Å². The van der Waals surface area contributed by atoms with E-state index >= 15 is 0 Å². The molecular formula is C17H16N2O2. The first-order valence-electron chi connectivity index (χ1n) is 6.85. The molecule has 0 aliphatic rings. The molecule has 0 saturated heterocycles. The molecule has 106 valence electrons. The lowest BCUT2D eigenvalue weighted by Gasteiger charge is -2.17. The molecule has 1 N–H and O–H groups in total. The summed E-state index contributed by atoms with van der Waals surface area (Å²) in [5, 5.41) is 12.1. The van der Waals surface area contributed by atoms with Gasteiger partial charge in [0.05, 0.1) is 17.7 Å². The lowest BCUT2D eigenvalue weighted by atomic mass is 10.00. The highest BCUT2D eigenvalue weighted by Crippen LogP contribution is 2.27. The van der Waals surface area contributed by atoms with Crippen molar-refractivity contribution in [2.24, 2.45) is 0 Å². The molecule has 0 atom stereocenters. The predicted octanol–water partition coefficient (Wildman–Crippen LogP) is 2.45. The van der Waals surface area contributed by atoms with Crippen LogP contribution in [0.3, 0.4) is 0 Å². The van der Waals surface area contributed by atoms with Crippen LogP contribution in [-0.4, -0.2) is 41.1 Å². The summed E-state index contributed by atoms with van der Waals surface area (Å²) in [4.78, 5) is 18.5. The smallest absolute Gasteiger partial charge is 0.255 e. The maximum atomic E-state index is 12.6. The number of aliphatic hydroxyl groups is 1. The van der Waals surface area contributed by atoms with E-state index in [-0.39, 0.29) is 12.5 Å². The summed E-state index contributed by atoms with van der Waals surface area (Å²) in [6.45, 7) is 0.251. The van der Waals surface area contributed by atoms with Gasteiger partial charge in [-0.1, -0.05) is 30.3 Å². The van der Waals surface area contributed by atoms with Gasteiger partial charge in [0.15, 0.2) is 0 Å². The Morgan fingerprint density at radius 2 is 1.95 bits per heavy atom. The summed E-state index contributed by atoms with van der Waals surface area (Å²) < 4.78 is 0. The van der Waals surface area contributed by atoms with E-state index in [1.807, 2.05) is 42.5 Å². The van der Waals surface area contributed by atoms with Crippen molar-refractivity contribution in [3.8, 4) is 0 Å². The number of hydrogen-bond donors (Lipinski definition) is 1. The normalized spacial score (nSPS) is 11.0. The Morgan fingerprint density at radius 3 is 2.76 bits per heavy atom. The van der Waals surface area contributed by atoms with Gasteiger partial charge in [-0.05, 0) is 22.9 Å². The molecule has 3 aromatic rings. The second-order valence-corrected chi connectivity index (χ2v) is 5.00. The predicted molar refractivity (Wildman–Crippen MR) is 83.3 cm³/mol. The van der Waals surface area contributed by atoms with Crippen LogP contribution in [0.4, 0.5) is 0 Å². The Kier molecular flexibility index (Phi) is 3.54. The second kappa shape index (κ2) is 5.50. The molecule has 0 aliphatic carbocycles. The monoisotopic (exact) mass is 280 g/mol. The Balaban J connectivity index is 2.28. The van der Waals surface area contributed by atoms with Crippen LogP contribution in [0.1, 0.15) is 10.4 Å². The number of pyridine rings is 1. The van der Waals surface area contributed by atoms with Crippen LogP contribution in [0, 0.1) is 0 Å². The topological polar surface area (TPSA) is 53.4 Å². The van der Waals surface area contributed by atoms with Crippen LogP contribution >= 0.6 is 0 Å². The van der Waals surface area contributed by atoms with Crippen molar-refractivity contribution in [1.82, 2.24) is 9.88 Å². The van der Waals surface area contributed by atoms with Crippen molar-refractivity contribution in [2.75, 3.05) is 20.2 Å². The van der Waals surface area contributed by atoms with Crippen LogP contribution in [0.15, 0.2) is 48.7 Å². The molecule has 2 aromatic carbocycles. The zero-order valence-electron chi connectivity index (χ0n) is 11.8. The number of fused-ring (bicyclic) bond motifs is 3. The van der Waals surface area contributed by atoms with Crippen molar-refractivity contribution in [3.05, 3.63) is 54.2 Å². The van der Waals surface area contributed by atoms with Gasteiger partial charge in [0.25, 0.3) is 5.91 Å². The molecule has 4 nitrogen and oxygen atoms in total. The third kappa shape index (κ3) is 2.34. The molecule has 0 spiro atoms. The van der Waals surface area contributed by atoms with Crippen molar-refractivity contribution >= 4 is 27.6 Å². The van der Waals surface area contributed by atoms with E-state index in [1.54, 1.807) is 13.2 Å². The van der Waals surface area contributed by atoms with Crippen LogP contribution in [0.2, 0.25) is 0 Å². The number of carbonyl (C=O) groups excluding carboxylic acids is 1. The fraction of sp³-hybridized carbons (Fsp3) is 0.176. The maximum Gasteiger partial charge on any atom is 0.255 e. The van der Waals surface area contributed by atoms with Crippen molar-refractivity contribution < 1.29 is 9.90 Å². The largest absolute Gasteiger partial charge is 0.395 e. The molecule has 1 heterocycles. The molecule has 0 saturated carbocycles. The van der Waals surface area contributed by atoms with E-state index in [0.717, 1.165) is 16.2 Å². The number of rotatable bonds is 3. The standard InChI is InChI=1S/C17H16N2O2/c1-19(9-10-20)17(21)15-11-12-5-2-3-6-13(12)14-7-4-8-18-16(14)15/h2-8,11,20H,9-10H2,1H3. The second-order valence-electron chi connectivity index (χ2n) is 5.00. The fourth-order valence-electron chi connectivity index (χ4n) is 2.55. The van der Waals surface area contributed by atoms with Crippen molar-refractivity contribution in [1.29, 1.82) is 0 Å². The van der Waals surface area contributed by atoms with Gasteiger partial charge >= 0.3 is 0 Å². The van der Waals surface area contributed by atoms with Gasteiger partial charge < -0.3 is 10.0 Å². The van der Waals surface area contributed by atoms with E-state index in [2.05, 4.69) is 4.98 Å². The summed E-state index contributed by atoms with van der Waals surface area (Å²) in [5.41, 5.74) is 1.27. The summed E-state index contributed by atoms with van der Waals surface area (Å²) in [5.74, 6) is -0.126. The number of nitrogens with zero attached hydrogens (tertiary/aromatic N) is 2. The Hall–Kier alpha value is -2.46. The van der Waals surface area contributed by atoms with E-state index in [9.17, 15) is 4.79 Å². The number of benzene rings is 2. The highest BCUT2D eigenvalue weighted by molar-refractivity contribution is 6.15. The van der Waals surface area contributed by atoms with Crippen LogP contribution in [-0.2, 0) is 0 Å². The number of amides is 1. The molecule has 0 fully saturated rings. The summed E-state index contributed by atoms with van der Waals surface area (Å²) >= 11 is 0.